The van der Waals surface area contributed by atoms with E-state index in [2.05, 4.69) is 126 Å². The Morgan fingerprint density at radius 3 is 1.23 bits per heavy atom. The monoisotopic (exact) mass is 866 g/mol. The van der Waals surface area contributed by atoms with Crippen LogP contribution in [0.15, 0.2) is 164 Å². The van der Waals surface area contributed by atoms with Gasteiger partial charge in [-0.2, -0.15) is 23.7 Å². The largest absolute Gasteiger partial charge is 0.417 e. The molecule has 2 aromatic heterocycles. The van der Waals surface area contributed by atoms with Gasteiger partial charge in [-0.15, -0.1) is 0 Å². The highest BCUT2D eigenvalue weighted by Crippen LogP contribution is 2.46. The Bertz CT molecular complexity index is 3460. The van der Waals surface area contributed by atoms with E-state index in [-0.39, 0.29) is 33.1 Å². The lowest BCUT2D eigenvalue weighted by Crippen LogP contribution is -2.11. The first-order valence-corrected chi connectivity index (χ1v) is 22.0. The van der Waals surface area contributed by atoms with Gasteiger partial charge in [0, 0.05) is 27.1 Å². The molecule has 0 atom stereocenters. The van der Waals surface area contributed by atoms with Crippen LogP contribution in [-0.4, -0.2) is 9.13 Å². The van der Waals surface area contributed by atoms with E-state index in [1.807, 2.05) is 69.8 Å². The van der Waals surface area contributed by atoms with Gasteiger partial charge in [-0.25, -0.2) is 0 Å². The maximum absolute atomic E-state index is 15.2. The van der Waals surface area contributed by atoms with Crippen molar-refractivity contribution in [1.29, 1.82) is 10.5 Å². The number of halogens is 3. The average molecular weight is 867 g/mol. The Morgan fingerprint density at radius 2 is 0.833 bits per heavy atom. The van der Waals surface area contributed by atoms with Crippen molar-refractivity contribution in [1.82, 2.24) is 9.13 Å². The summed E-state index contributed by atoms with van der Waals surface area (Å²) in [4.78, 5) is 0. The van der Waals surface area contributed by atoms with E-state index in [9.17, 15) is 10.5 Å². The number of aromatic nitrogens is 2. The molecule has 0 amide bonds. The third-order valence-corrected chi connectivity index (χ3v) is 12.9. The Labute approximate surface area is 382 Å². The number of nitrogens with zero attached hydrogens (tertiary/aromatic N) is 4. The summed E-state index contributed by atoms with van der Waals surface area (Å²) in [7, 11) is 0. The van der Waals surface area contributed by atoms with Crippen LogP contribution in [0.1, 0.15) is 69.4 Å². The molecule has 0 aliphatic rings. The van der Waals surface area contributed by atoms with Gasteiger partial charge in [0.15, 0.2) is 0 Å². The van der Waals surface area contributed by atoms with Crippen molar-refractivity contribution >= 4 is 43.6 Å². The summed E-state index contributed by atoms with van der Waals surface area (Å²) in [6.07, 6.45) is -4.79. The second kappa shape index (κ2) is 15.4. The number of nitriles is 2. The quantitative estimate of drug-likeness (QED) is 0.173. The van der Waals surface area contributed by atoms with Gasteiger partial charge in [0.25, 0.3) is 0 Å². The maximum atomic E-state index is 15.2. The van der Waals surface area contributed by atoms with Crippen molar-refractivity contribution in [3.63, 3.8) is 0 Å². The molecule has 8 aromatic carbocycles. The molecule has 4 nitrogen and oxygen atoms in total. The van der Waals surface area contributed by atoms with E-state index in [0.29, 0.717) is 11.4 Å². The van der Waals surface area contributed by atoms with E-state index in [4.69, 9.17) is 0 Å². The molecule has 0 aliphatic carbocycles. The first-order valence-electron chi connectivity index (χ1n) is 22.0. The number of rotatable bonds is 5. The van der Waals surface area contributed by atoms with Crippen LogP contribution in [0.25, 0.3) is 88.4 Å². The molecule has 0 spiro atoms. The van der Waals surface area contributed by atoms with Crippen molar-refractivity contribution in [2.75, 3.05) is 0 Å². The minimum absolute atomic E-state index is 0.125. The van der Waals surface area contributed by atoms with E-state index in [1.54, 1.807) is 12.1 Å². The first-order chi connectivity index (χ1) is 31.5. The molecule has 0 aliphatic heterocycles. The molecule has 0 N–H and O–H groups in total. The Hall–Kier alpha value is -7.87. The van der Waals surface area contributed by atoms with Crippen LogP contribution in [0.4, 0.5) is 13.2 Å². The summed E-state index contributed by atoms with van der Waals surface area (Å²) in [5, 5.41) is 25.8. The summed E-state index contributed by atoms with van der Waals surface area (Å²) >= 11 is 0. The van der Waals surface area contributed by atoms with Gasteiger partial charge >= 0.3 is 6.18 Å². The number of hydrogen-bond donors (Lipinski definition) is 0. The van der Waals surface area contributed by atoms with Gasteiger partial charge in [-0.05, 0) is 123 Å². The molecule has 0 saturated heterocycles. The van der Waals surface area contributed by atoms with Crippen LogP contribution >= 0.6 is 0 Å². The highest BCUT2D eigenvalue weighted by molar-refractivity contribution is 6.13. The van der Waals surface area contributed by atoms with Crippen molar-refractivity contribution in [2.45, 2.75) is 58.5 Å². The fourth-order valence-electron chi connectivity index (χ4n) is 9.54. The SMILES string of the molecule is CC(C)(C)c1ccc2c(c1)c1cc(-c3ccccc3)ccc1n2-c1cc(-c2c(C#N)cccc2C(F)(F)F)cc(-n2c3ccc(-c4ccccc4)cc3c3cc(C(C)(C)C)ccc32)c1C#N. The standard InChI is InChI=1S/C59H45F3N4/c1-57(2,3)42-22-26-52-46(32-42)44-28-38(36-14-9-7-10-15-36)20-24-50(44)65(52)54-30-41(56-40(34-63)18-13-19-49(56)59(60,61)62)31-55(48(54)35-64)66-51-25-21-39(37-16-11-8-12-17-37)29-45(51)47-33-43(58(4,5)6)23-27-53(47)66/h7-33H,1-6H3. The summed E-state index contributed by atoms with van der Waals surface area (Å²) in [6, 6.07) is 57.0. The van der Waals surface area contributed by atoms with E-state index in [1.165, 1.54) is 12.1 Å². The fraction of sp³-hybridized carbons (Fsp3) is 0.153. The van der Waals surface area contributed by atoms with E-state index in [0.717, 1.165) is 83.1 Å². The number of hydrogen-bond acceptors (Lipinski definition) is 2. The molecule has 0 radical (unpaired) electrons. The summed E-state index contributed by atoms with van der Waals surface area (Å²) in [5.74, 6) is 0. The van der Waals surface area contributed by atoms with Crippen LogP contribution in [0.5, 0.6) is 0 Å². The predicted octanol–water partition coefficient (Wildman–Crippen LogP) is 16.2. The van der Waals surface area contributed by atoms with Gasteiger partial charge in [0.05, 0.1) is 50.6 Å². The molecule has 0 fully saturated rings. The topological polar surface area (TPSA) is 57.4 Å². The average Bonchev–Trinajstić information content (AvgIpc) is 3.81. The Kier molecular flexibility index (Phi) is 9.82. The van der Waals surface area contributed by atoms with Crippen molar-refractivity contribution in [2.24, 2.45) is 0 Å². The number of alkyl halides is 3. The highest BCUT2D eigenvalue weighted by Gasteiger charge is 2.36. The fourth-order valence-corrected chi connectivity index (χ4v) is 9.54. The molecule has 0 bridgehead atoms. The molecule has 66 heavy (non-hydrogen) atoms. The predicted molar refractivity (Wildman–Crippen MR) is 263 cm³/mol. The third-order valence-electron chi connectivity index (χ3n) is 12.9. The highest BCUT2D eigenvalue weighted by atomic mass is 19.4. The third kappa shape index (κ3) is 7.00. The lowest BCUT2D eigenvalue weighted by atomic mass is 9.86. The van der Waals surface area contributed by atoms with Gasteiger partial charge in [-0.1, -0.05) is 133 Å². The zero-order valence-electron chi connectivity index (χ0n) is 37.5. The molecule has 0 saturated carbocycles. The van der Waals surface area contributed by atoms with Gasteiger partial charge < -0.3 is 9.13 Å². The smallest absolute Gasteiger partial charge is 0.308 e. The molecular formula is C59H45F3N4. The first kappa shape index (κ1) is 42.1. The molecule has 0 unspecified atom stereocenters. The molecule has 322 valence electrons. The zero-order chi connectivity index (χ0) is 46.3. The molecule has 10 rings (SSSR count). The normalized spacial score (nSPS) is 12.3. The number of fused-ring (bicyclic) bond motifs is 6. The maximum Gasteiger partial charge on any atom is 0.417 e. The van der Waals surface area contributed by atoms with Gasteiger partial charge in [0.2, 0.25) is 0 Å². The van der Waals surface area contributed by atoms with Crippen LogP contribution < -0.4 is 0 Å². The van der Waals surface area contributed by atoms with Crippen LogP contribution in [-0.2, 0) is 17.0 Å². The Balaban J connectivity index is 1.38. The lowest BCUT2D eigenvalue weighted by molar-refractivity contribution is -0.137. The van der Waals surface area contributed by atoms with E-state index >= 15 is 13.2 Å². The van der Waals surface area contributed by atoms with Crippen LogP contribution in [0.2, 0.25) is 0 Å². The minimum Gasteiger partial charge on any atom is -0.308 e. The summed E-state index contributed by atoms with van der Waals surface area (Å²) in [6.45, 7) is 13.0. The van der Waals surface area contributed by atoms with Crippen molar-refractivity contribution in [3.8, 4) is 56.9 Å². The van der Waals surface area contributed by atoms with Gasteiger partial charge in [0.1, 0.15) is 11.6 Å². The van der Waals surface area contributed by atoms with Crippen molar-refractivity contribution < 1.29 is 13.2 Å². The molecule has 2 heterocycles. The molecule has 10 aromatic rings. The minimum atomic E-state index is -4.79. The van der Waals surface area contributed by atoms with E-state index < -0.39 is 11.7 Å². The number of benzene rings is 8. The lowest BCUT2D eigenvalue weighted by Gasteiger charge is -2.21. The van der Waals surface area contributed by atoms with Crippen LogP contribution in [0, 0.1) is 22.7 Å². The second-order valence-electron chi connectivity index (χ2n) is 19.2. The summed E-state index contributed by atoms with van der Waals surface area (Å²) < 4.78 is 49.7. The van der Waals surface area contributed by atoms with Crippen LogP contribution in [0.3, 0.4) is 0 Å². The Morgan fingerprint density at radius 1 is 0.409 bits per heavy atom. The van der Waals surface area contributed by atoms with Gasteiger partial charge in [-0.3, -0.25) is 0 Å². The zero-order valence-corrected chi connectivity index (χ0v) is 37.5. The van der Waals surface area contributed by atoms with Crippen molar-refractivity contribution in [3.05, 3.63) is 192 Å². The summed E-state index contributed by atoms with van der Waals surface area (Å²) in [5.41, 5.74) is 8.98. The molecule has 7 heteroatoms. The second-order valence-corrected chi connectivity index (χ2v) is 19.2. The molecular weight excluding hydrogens is 822 g/mol.